The Kier molecular flexibility index (Phi) is 8.86. The van der Waals surface area contributed by atoms with E-state index in [1.807, 2.05) is 30.3 Å². The molecule has 3 fully saturated rings. The normalized spacial score (nSPS) is 19.3. The van der Waals surface area contributed by atoms with Gasteiger partial charge in [-0.1, -0.05) is 41.6 Å². The summed E-state index contributed by atoms with van der Waals surface area (Å²) < 4.78 is 0. The molecule has 4 heterocycles. The monoisotopic (exact) mass is 635 g/mol. The summed E-state index contributed by atoms with van der Waals surface area (Å²) in [4.78, 5) is 42.5. The van der Waals surface area contributed by atoms with E-state index in [9.17, 15) is 9.59 Å². The zero-order valence-corrected chi connectivity index (χ0v) is 26.4. The zero-order valence-electron chi connectivity index (χ0n) is 24.8. The molecule has 0 aliphatic carbocycles. The van der Waals surface area contributed by atoms with Crippen molar-refractivity contribution in [2.45, 2.75) is 48.2 Å². The molecule has 0 radical (unpaired) electrons. The number of carbonyl (C=O) groups excluding carboxylic acids is 2. The number of imide groups is 1. The van der Waals surface area contributed by atoms with Crippen LogP contribution in [0.5, 0.6) is 0 Å². The molecular formula is C31H38ClN9O2S. The predicted octanol–water partition coefficient (Wildman–Crippen LogP) is 3.95. The molecule has 3 saturated heterocycles. The van der Waals surface area contributed by atoms with Crippen molar-refractivity contribution in [1.82, 2.24) is 20.2 Å². The number of piperazine rings is 1. The first kappa shape index (κ1) is 30.4. The molecule has 0 saturated carbocycles. The highest BCUT2D eigenvalue weighted by molar-refractivity contribution is 7.99. The van der Waals surface area contributed by atoms with Gasteiger partial charge in [-0.25, -0.2) is 14.8 Å². The van der Waals surface area contributed by atoms with Gasteiger partial charge in [-0.2, -0.15) is 0 Å². The summed E-state index contributed by atoms with van der Waals surface area (Å²) in [5.41, 5.74) is 15.4. The Balaban J connectivity index is 1.06. The average Bonchev–Trinajstić information content (AvgIpc) is 3.00. The first-order valence-corrected chi connectivity index (χ1v) is 16.1. The summed E-state index contributed by atoms with van der Waals surface area (Å²) in [6.45, 7) is 8.33. The average molecular weight is 636 g/mol. The van der Waals surface area contributed by atoms with Gasteiger partial charge >= 0.3 is 6.03 Å². The fourth-order valence-electron chi connectivity index (χ4n) is 5.82. The molecule has 232 valence electrons. The van der Waals surface area contributed by atoms with E-state index in [0.717, 1.165) is 86.3 Å². The number of halogens is 1. The number of hydrogen-bond acceptors (Lipinski definition) is 10. The molecule has 44 heavy (non-hydrogen) atoms. The van der Waals surface area contributed by atoms with E-state index in [4.69, 9.17) is 23.1 Å². The van der Waals surface area contributed by atoms with Gasteiger partial charge in [0.25, 0.3) is 0 Å². The third-order valence-corrected chi connectivity index (χ3v) is 10.1. The molecule has 0 unspecified atom stereocenters. The molecule has 3 aliphatic rings. The van der Waals surface area contributed by atoms with Crippen molar-refractivity contribution in [2.75, 3.05) is 66.2 Å². The second-order valence-electron chi connectivity index (χ2n) is 11.9. The number of hydrogen-bond donors (Lipinski definition) is 3. The number of amides is 3. The van der Waals surface area contributed by atoms with Gasteiger partial charge in [0, 0.05) is 74.9 Å². The SMILES string of the molecule is CC1(N)CCN(c2cnc(Sc3cccc(N4CCN(Cc5cccc(N6CCC(=O)NC6=O)c5)CC4)c3Cl)c(N)n2)CC1. The summed E-state index contributed by atoms with van der Waals surface area (Å²) in [6, 6.07) is 13.7. The summed E-state index contributed by atoms with van der Waals surface area (Å²) >= 11 is 8.39. The molecule has 0 spiro atoms. The van der Waals surface area contributed by atoms with Gasteiger partial charge in [-0.05, 0) is 49.6 Å². The third kappa shape index (κ3) is 6.88. The quantitative estimate of drug-likeness (QED) is 0.350. The molecule has 13 heteroatoms. The molecule has 5 N–H and O–H groups in total. The fourth-order valence-corrected chi connectivity index (χ4v) is 6.99. The van der Waals surface area contributed by atoms with Gasteiger partial charge in [0.2, 0.25) is 5.91 Å². The van der Waals surface area contributed by atoms with Crippen molar-refractivity contribution in [3.63, 3.8) is 0 Å². The lowest BCUT2D eigenvalue weighted by Gasteiger charge is -2.37. The van der Waals surface area contributed by atoms with Crippen LogP contribution in [-0.4, -0.2) is 78.2 Å². The number of urea groups is 1. The summed E-state index contributed by atoms with van der Waals surface area (Å²) in [5, 5.41) is 3.71. The number of anilines is 4. The lowest BCUT2D eigenvalue weighted by molar-refractivity contribution is -0.120. The second-order valence-corrected chi connectivity index (χ2v) is 13.3. The highest BCUT2D eigenvalue weighted by Gasteiger charge is 2.28. The maximum atomic E-state index is 12.3. The van der Waals surface area contributed by atoms with Crippen LogP contribution in [0.2, 0.25) is 5.02 Å². The number of rotatable bonds is 7. The van der Waals surface area contributed by atoms with Gasteiger partial charge < -0.3 is 21.3 Å². The van der Waals surface area contributed by atoms with Crippen molar-refractivity contribution in [2.24, 2.45) is 5.73 Å². The van der Waals surface area contributed by atoms with Gasteiger partial charge in [0.1, 0.15) is 10.8 Å². The molecule has 6 rings (SSSR count). The van der Waals surface area contributed by atoms with Crippen LogP contribution < -0.4 is 31.5 Å². The van der Waals surface area contributed by atoms with Crippen LogP contribution in [0.3, 0.4) is 0 Å². The van der Waals surface area contributed by atoms with Crippen molar-refractivity contribution in [3.05, 3.63) is 59.2 Å². The Hall–Kier alpha value is -3.58. The number of benzene rings is 2. The molecular weight excluding hydrogens is 598 g/mol. The van der Waals surface area contributed by atoms with Crippen LogP contribution in [0, 0.1) is 0 Å². The lowest BCUT2D eigenvalue weighted by atomic mass is 9.91. The number of nitrogens with one attached hydrogen (secondary N) is 1. The maximum Gasteiger partial charge on any atom is 0.328 e. The van der Waals surface area contributed by atoms with Crippen LogP contribution in [0.1, 0.15) is 31.7 Å². The van der Waals surface area contributed by atoms with Gasteiger partial charge in [0.05, 0.1) is 16.9 Å². The molecule has 0 bridgehead atoms. The zero-order chi connectivity index (χ0) is 30.8. The number of piperidine rings is 1. The topological polar surface area (TPSA) is 137 Å². The summed E-state index contributed by atoms with van der Waals surface area (Å²) in [7, 11) is 0. The summed E-state index contributed by atoms with van der Waals surface area (Å²) in [5.74, 6) is 0.937. The first-order chi connectivity index (χ1) is 21.1. The molecule has 2 aromatic carbocycles. The third-order valence-electron chi connectivity index (χ3n) is 8.53. The second kappa shape index (κ2) is 12.8. The Labute approximate surface area is 266 Å². The molecule has 11 nitrogen and oxygen atoms in total. The molecule has 3 aliphatic heterocycles. The van der Waals surface area contributed by atoms with Crippen LogP contribution in [-0.2, 0) is 11.3 Å². The molecule has 3 aromatic rings. The highest BCUT2D eigenvalue weighted by atomic mass is 35.5. The van der Waals surface area contributed by atoms with Crippen molar-refractivity contribution in [1.29, 1.82) is 0 Å². The van der Waals surface area contributed by atoms with Crippen LogP contribution >= 0.6 is 23.4 Å². The Morgan fingerprint density at radius 2 is 1.75 bits per heavy atom. The largest absolute Gasteiger partial charge is 0.381 e. The van der Waals surface area contributed by atoms with E-state index in [1.54, 1.807) is 11.1 Å². The van der Waals surface area contributed by atoms with E-state index >= 15 is 0 Å². The first-order valence-electron chi connectivity index (χ1n) is 15.0. The van der Waals surface area contributed by atoms with Crippen LogP contribution in [0.25, 0.3) is 0 Å². The number of carbonyl (C=O) groups is 2. The minimum absolute atomic E-state index is 0.135. The molecule has 3 amide bonds. The van der Waals surface area contributed by atoms with E-state index in [-0.39, 0.29) is 17.5 Å². The highest BCUT2D eigenvalue weighted by Crippen LogP contribution is 2.40. The van der Waals surface area contributed by atoms with Crippen molar-refractivity contribution in [3.8, 4) is 0 Å². The van der Waals surface area contributed by atoms with Crippen molar-refractivity contribution >= 4 is 58.3 Å². The Bertz CT molecular complexity index is 1540. The maximum absolute atomic E-state index is 12.3. The molecule has 1 aromatic heterocycles. The number of nitrogens with two attached hydrogens (primary N) is 2. The van der Waals surface area contributed by atoms with Gasteiger partial charge in [0.15, 0.2) is 5.82 Å². The fraction of sp³-hybridized carbons (Fsp3) is 0.419. The summed E-state index contributed by atoms with van der Waals surface area (Å²) in [6.07, 6.45) is 3.89. The van der Waals surface area contributed by atoms with E-state index in [2.05, 4.69) is 49.0 Å². The molecule has 0 atom stereocenters. The van der Waals surface area contributed by atoms with Crippen molar-refractivity contribution < 1.29 is 9.59 Å². The van der Waals surface area contributed by atoms with Crippen LogP contribution in [0.15, 0.2) is 58.6 Å². The van der Waals surface area contributed by atoms with Crippen LogP contribution in [0.4, 0.5) is 27.8 Å². The van der Waals surface area contributed by atoms with Gasteiger partial charge in [-0.3, -0.25) is 19.9 Å². The Morgan fingerprint density at radius 3 is 2.48 bits per heavy atom. The number of aromatic nitrogens is 2. The predicted molar refractivity (Wildman–Crippen MR) is 175 cm³/mol. The smallest absolute Gasteiger partial charge is 0.328 e. The number of nitrogen functional groups attached to an aromatic ring is 1. The van der Waals surface area contributed by atoms with E-state index < -0.39 is 0 Å². The minimum Gasteiger partial charge on any atom is -0.381 e. The minimum atomic E-state index is -0.367. The Morgan fingerprint density at radius 1 is 1.00 bits per heavy atom. The van der Waals surface area contributed by atoms with E-state index in [1.165, 1.54) is 11.8 Å². The number of nitrogens with zero attached hydrogens (tertiary/aromatic N) is 6. The lowest BCUT2D eigenvalue weighted by Crippen LogP contribution is -2.49. The van der Waals surface area contributed by atoms with E-state index in [0.29, 0.717) is 28.8 Å². The standard InChI is InChI=1S/C31H38ClN9O2S/c1-31(34)9-12-40(13-10-31)25-19-35-29(28(33)36-25)44-24-7-3-6-23(27(24)32)39-16-14-38(15-17-39)20-21-4-2-5-22(18-21)41-11-8-26(42)37-30(41)43/h2-7,18-19H,8-17,20,34H2,1H3,(H2,33,36)(H,37,42,43). The van der Waals surface area contributed by atoms with Gasteiger partial charge in [-0.15, -0.1) is 0 Å².